The minimum atomic E-state index is 0.117. The zero-order valence-electron chi connectivity index (χ0n) is 14.2. The second kappa shape index (κ2) is 7.82. The number of likely N-dealkylation sites (tertiary alicyclic amines) is 2. The number of para-hydroxylation sites is 1. The van der Waals surface area contributed by atoms with E-state index >= 15 is 0 Å². The molecule has 1 aromatic carbocycles. The third-order valence-electron chi connectivity index (χ3n) is 5.44. The van der Waals surface area contributed by atoms with E-state index in [2.05, 4.69) is 0 Å². The van der Waals surface area contributed by atoms with Gasteiger partial charge in [0.15, 0.2) is 0 Å². The molecule has 2 saturated heterocycles. The summed E-state index contributed by atoms with van der Waals surface area (Å²) in [6, 6.07) is 8.29. The maximum atomic E-state index is 12.8. The van der Waals surface area contributed by atoms with Crippen LogP contribution in [0.1, 0.15) is 48.9 Å². The van der Waals surface area contributed by atoms with Crippen molar-refractivity contribution in [3.63, 3.8) is 0 Å². The first-order valence-corrected chi connectivity index (χ1v) is 9.06. The van der Waals surface area contributed by atoms with Gasteiger partial charge in [0.1, 0.15) is 5.75 Å². The SMILES string of the molecule is COc1ccccc1C(=O)N1CCC([NH+]2CCCCCC2)CC1. The van der Waals surface area contributed by atoms with Crippen LogP contribution in [-0.4, -0.2) is 50.1 Å². The molecule has 1 N–H and O–H groups in total. The summed E-state index contributed by atoms with van der Waals surface area (Å²) in [5.41, 5.74) is 0.690. The number of methoxy groups -OCH3 is 1. The molecule has 0 aliphatic carbocycles. The van der Waals surface area contributed by atoms with Gasteiger partial charge in [-0.2, -0.15) is 0 Å². The van der Waals surface area contributed by atoms with Crippen molar-refractivity contribution in [3.8, 4) is 5.75 Å². The summed E-state index contributed by atoms with van der Waals surface area (Å²) in [4.78, 5) is 16.5. The van der Waals surface area contributed by atoms with Crippen molar-refractivity contribution in [3.05, 3.63) is 29.8 Å². The largest absolute Gasteiger partial charge is 0.496 e. The molecule has 0 bridgehead atoms. The van der Waals surface area contributed by atoms with Crippen LogP contribution >= 0.6 is 0 Å². The van der Waals surface area contributed by atoms with Crippen LogP contribution in [0.5, 0.6) is 5.75 Å². The molecule has 4 nitrogen and oxygen atoms in total. The van der Waals surface area contributed by atoms with Crippen LogP contribution in [0.4, 0.5) is 0 Å². The molecular formula is C19H29N2O2+. The Morgan fingerprint density at radius 3 is 2.39 bits per heavy atom. The average molecular weight is 317 g/mol. The van der Waals surface area contributed by atoms with Gasteiger partial charge in [0.25, 0.3) is 5.91 Å². The maximum Gasteiger partial charge on any atom is 0.257 e. The topological polar surface area (TPSA) is 34.0 Å². The molecule has 2 aliphatic heterocycles. The number of carbonyl (C=O) groups excluding carboxylic acids is 1. The van der Waals surface area contributed by atoms with Crippen LogP contribution in [-0.2, 0) is 0 Å². The number of benzene rings is 1. The minimum Gasteiger partial charge on any atom is -0.496 e. The van der Waals surface area contributed by atoms with Crippen molar-refractivity contribution in [2.45, 2.75) is 44.6 Å². The fourth-order valence-corrected chi connectivity index (χ4v) is 4.07. The summed E-state index contributed by atoms with van der Waals surface area (Å²) in [6.07, 6.45) is 7.81. The normalized spacial score (nSPS) is 21.0. The molecule has 0 unspecified atom stereocenters. The highest BCUT2D eigenvalue weighted by Gasteiger charge is 2.30. The third-order valence-corrected chi connectivity index (χ3v) is 5.44. The van der Waals surface area contributed by atoms with E-state index in [4.69, 9.17) is 4.74 Å². The van der Waals surface area contributed by atoms with Crippen molar-refractivity contribution in [1.29, 1.82) is 0 Å². The molecule has 0 atom stereocenters. The van der Waals surface area contributed by atoms with Crippen molar-refractivity contribution in [2.24, 2.45) is 0 Å². The number of nitrogens with zero attached hydrogens (tertiary/aromatic N) is 1. The first kappa shape index (κ1) is 16.3. The number of piperidine rings is 1. The molecule has 1 amide bonds. The highest BCUT2D eigenvalue weighted by atomic mass is 16.5. The van der Waals surface area contributed by atoms with Gasteiger partial charge < -0.3 is 14.5 Å². The molecule has 0 saturated carbocycles. The summed E-state index contributed by atoms with van der Waals surface area (Å²) in [6.45, 7) is 4.41. The summed E-state index contributed by atoms with van der Waals surface area (Å²) in [5.74, 6) is 0.796. The molecule has 2 heterocycles. The van der Waals surface area contributed by atoms with E-state index in [-0.39, 0.29) is 5.91 Å². The summed E-state index contributed by atoms with van der Waals surface area (Å²) in [7, 11) is 1.63. The van der Waals surface area contributed by atoms with Gasteiger partial charge in [-0.05, 0) is 37.8 Å². The lowest BCUT2D eigenvalue weighted by Crippen LogP contribution is -3.16. The Morgan fingerprint density at radius 2 is 1.74 bits per heavy atom. The van der Waals surface area contributed by atoms with Crippen LogP contribution < -0.4 is 9.64 Å². The Kier molecular flexibility index (Phi) is 5.55. The lowest BCUT2D eigenvalue weighted by Gasteiger charge is -2.36. The second-order valence-electron chi connectivity index (χ2n) is 6.84. The Bertz CT molecular complexity index is 516. The van der Waals surface area contributed by atoms with Gasteiger partial charge in [-0.1, -0.05) is 12.1 Å². The fourth-order valence-electron chi connectivity index (χ4n) is 4.07. The fraction of sp³-hybridized carbons (Fsp3) is 0.632. The second-order valence-corrected chi connectivity index (χ2v) is 6.84. The molecule has 0 spiro atoms. The molecule has 126 valence electrons. The monoisotopic (exact) mass is 317 g/mol. The molecule has 0 radical (unpaired) electrons. The first-order valence-electron chi connectivity index (χ1n) is 9.06. The number of carbonyl (C=O) groups is 1. The molecule has 23 heavy (non-hydrogen) atoms. The maximum absolute atomic E-state index is 12.8. The number of ether oxygens (including phenoxy) is 1. The number of amides is 1. The van der Waals surface area contributed by atoms with Crippen molar-refractivity contribution in [1.82, 2.24) is 4.90 Å². The predicted octanol–water partition coefficient (Wildman–Crippen LogP) is 1.76. The summed E-state index contributed by atoms with van der Waals surface area (Å²) >= 11 is 0. The molecule has 2 fully saturated rings. The minimum absolute atomic E-state index is 0.117. The molecule has 0 aromatic heterocycles. The van der Waals surface area contributed by atoms with Crippen LogP contribution in [0.3, 0.4) is 0 Å². The van der Waals surface area contributed by atoms with Gasteiger partial charge >= 0.3 is 0 Å². The van der Waals surface area contributed by atoms with Gasteiger partial charge in [0.05, 0.1) is 31.8 Å². The van der Waals surface area contributed by atoms with Crippen LogP contribution in [0.25, 0.3) is 0 Å². The van der Waals surface area contributed by atoms with E-state index in [0.717, 1.165) is 32.0 Å². The number of hydrogen-bond donors (Lipinski definition) is 1. The van der Waals surface area contributed by atoms with E-state index in [9.17, 15) is 4.79 Å². The van der Waals surface area contributed by atoms with Gasteiger partial charge in [0, 0.05) is 25.9 Å². The van der Waals surface area contributed by atoms with Crippen molar-refractivity contribution < 1.29 is 14.4 Å². The van der Waals surface area contributed by atoms with Crippen LogP contribution in [0.2, 0.25) is 0 Å². The van der Waals surface area contributed by atoms with Gasteiger partial charge in [0.2, 0.25) is 0 Å². The van der Waals surface area contributed by atoms with E-state index in [1.165, 1.54) is 38.8 Å². The molecule has 4 heteroatoms. The Labute approximate surface area is 139 Å². The number of quaternary nitrogens is 1. The van der Waals surface area contributed by atoms with Gasteiger partial charge in [-0.3, -0.25) is 4.79 Å². The quantitative estimate of drug-likeness (QED) is 0.922. The Hall–Kier alpha value is -1.55. The van der Waals surface area contributed by atoms with E-state index in [1.54, 1.807) is 12.0 Å². The van der Waals surface area contributed by atoms with Gasteiger partial charge in [-0.15, -0.1) is 0 Å². The standard InChI is InChI=1S/C19H28N2O2/c1-23-18-9-5-4-8-17(18)19(22)21-14-10-16(11-15-21)20-12-6-2-3-7-13-20/h4-5,8-9,16H,2-3,6-7,10-15H2,1H3/p+1. The molecule has 1 aromatic rings. The van der Waals surface area contributed by atoms with Crippen molar-refractivity contribution >= 4 is 5.91 Å². The Morgan fingerprint density at radius 1 is 1.09 bits per heavy atom. The Balaban J connectivity index is 1.59. The zero-order valence-corrected chi connectivity index (χ0v) is 14.2. The summed E-state index contributed by atoms with van der Waals surface area (Å²) in [5, 5.41) is 0. The highest BCUT2D eigenvalue weighted by molar-refractivity contribution is 5.97. The highest BCUT2D eigenvalue weighted by Crippen LogP contribution is 2.21. The number of hydrogen-bond acceptors (Lipinski definition) is 2. The first-order chi connectivity index (χ1) is 11.3. The zero-order chi connectivity index (χ0) is 16.1. The molecular weight excluding hydrogens is 288 g/mol. The lowest BCUT2D eigenvalue weighted by atomic mass is 10.0. The number of nitrogens with one attached hydrogen (secondary N) is 1. The van der Waals surface area contributed by atoms with Crippen molar-refractivity contribution in [2.75, 3.05) is 33.3 Å². The average Bonchev–Trinajstić information content (AvgIpc) is 2.90. The van der Waals surface area contributed by atoms with E-state index in [1.807, 2.05) is 29.2 Å². The van der Waals surface area contributed by atoms with E-state index in [0.29, 0.717) is 11.3 Å². The van der Waals surface area contributed by atoms with Crippen LogP contribution in [0.15, 0.2) is 24.3 Å². The molecule has 2 aliphatic rings. The van der Waals surface area contributed by atoms with E-state index < -0.39 is 0 Å². The predicted molar refractivity (Wildman–Crippen MR) is 91.1 cm³/mol. The summed E-state index contributed by atoms with van der Waals surface area (Å²) < 4.78 is 5.34. The lowest BCUT2D eigenvalue weighted by molar-refractivity contribution is -0.926. The van der Waals surface area contributed by atoms with Gasteiger partial charge in [-0.25, -0.2) is 0 Å². The third kappa shape index (κ3) is 3.86. The number of rotatable bonds is 3. The smallest absolute Gasteiger partial charge is 0.257 e. The van der Waals surface area contributed by atoms with Crippen LogP contribution in [0, 0.1) is 0 Å². The molecule has 3 rings (SSSR count).